The summed E-state index contributed by atoms with van der Waals surface area (Å²) >= 11 is 0. The lowest BCUT2D eigenvalue weighted by Crippen LogP contribution is -2.46. The van der Waals surface area contributed by atoms with Gasteiger partial charge in [0.05, 0.1) is 0 Å². The van der Waals surface area contributed by atoms with Crippen LogP contribution in [-0.2, 0) is 20.0 Å². The molecule has 0 heterocycles. The summed E-state index contributed by atoms with van der Waals surface area (Å²) in [5, 5.41) is -3.15. The molecule has 0 saturated heterocycles. The van der Waals surface area contributed by atoms with Gasteiger partial charge in [-0.1, -0.05) is 4.13 Å². The molecule has 0 atom stereocenters. The third-order valence-electron chi connectivity index (χ3n) is 1.16. The summed E-state index contributed by atoms with van der Waals surface area (Å²) < 4.78 is 90.4. The van der Waals surface area contributed by atoms with Gasteiger partial charge in [-0.05, 0) is 13.8 Å². The van der Waals surface area contributed by atoms with E-state index in [1.54, 1.807) is 0 Å². The molecule has 0 aliphatic rings. The maximum atomic E-state index is 12.8. The highest BCUT2D eigenvalue weighted by molar-refractivity contribution is 8.05. The minimum atomic E-state index is -6.12. The molecular weight excluding hydrogens is 266 g/mol. The summed E-state index contributed by atoms with van der Waals surface area (Å²) in [5.41, 5.74) is -5.81. The molecule has 92 valence electrons. The molecule has 0 amide bonds. The molecule has 0 aromatic carbocycles. The lowest BCUT2D eigenvalue weighted by atomic mass is 10.5. The van der Waals surface area contributed by atoms with E-state index < -0.39 is 30.6 Å². The summed E-state index contributed by atoms with van der Waals surface area (Å²) in [6, 6.07) is 0. The number of alkyl halides is 4. The van der Waals surface area contributed by atoms with Crippen molar-refractivity contribution >= 4 is 20.0 Å². The monoisotopic (exact) mass is 273 g/mol. The van der Waals surface area contributed by atoms with Gasteiger partial charge in [0, 0.05) is 0 Å². The lowest BCUT2D eigenvalue weighted by Gasteiger charge is -2.16. The van der Waals surface area contributed by atoms with Crippen LogP contribution < -0.4 is 4.13 Å². The fourth-order valence-corrected chi connectivity index (χ4v) is 2.62. The maximum Gasteiger partial charge on any atom is 0.512 e. The number of halogens is 4. The van der Waals surface area contributed by atoms with E-state index in [1.807, 2.05) is 0 Å². The molecule has 0 unspecified atom stereocenters. The van der Waals surface area contributed by atoms with Gasteiger partial charge in [0.15, 0.2) is 0 Å². The zero-order valence-corrected chi connectivity index (χ0v) is 9.09. The average molecular weight is 273 g/mol. The van der Waals surface area contributed by atoms with E-state index in [1.165, 1.54) is 0 Å². The van der Waals surface area contributed by atoms with E-state index in [4.69, 9.17) is 0 Å². The lowest BCUT2D eigenvalue weighted by molar-refractivity contribution is -0.0441. The van der Waals surface area contributed by atoms with Crippen molar-refractivity contribution in [3.8, 4) is 0 Å². The Labute approximate surface area is 83.6 Å². The molecular formula is C4H7F4NO4S2. The van der Waals surface area contributed by atoms with Gasteiger partial charge in [0.2, 0.25) is 5.00 Å². The molecule has 5 nitrogen and oxygen atoms in total. The molecule has 0 spiro atoms. The second kappa shape index (κ2) is 3.56. The Morgan fingerprint density at radius 2 is 1.20 bits per heavy atom. The van der Waals surface area contributed by atoms with Crippen LogP contribution >= 0.6 is 0 Å². The van der Waals surface area contributed by atoms with Crippen molar-refractivity contribution in [1.82, 2.24) is 4.13 Å². The second-order valence-corrected chi connectivity index (χ2v) is 7.01. The van der Waals surface area contributed by atoms with E-state index in [-0.39, 0.29) is 4.13 Å². The highest BCUT2D eigenvalue weighted by atomic mass is 32.3. The van der Waals surface area contributed by atoms with Crippen LogP contribution in [0.4, 0.5) is 17.6 Å². The van der Waals surface area contributed by atoms with Gasteiger partial charge in [-0.25, -0.2) is 21.2 Å². The summed E-state index contributed by atoms with van der Waals surface area (Å²) in [6.45, 7) is 0.808. The predicted molar refractivity (Wildman–Crippen MR) is 42.2 cm³/mol. The second-order valence-electron chi connectivity index (χ2n) is 2.90. The molecule has 0 aliphatic heterocycles. The molecule has 11 heteroatoms. The number of rotatable bonds is 3. The van der Waals surface area contributed by atoms with E-state index in [0.717, 1.165) is 0 Å². The zero-order chi connectivity index (χ0) is 12.7. The Morgan fingerprint density at radius 3 is 1.40 bits per heavy atom. The van der Waals surface area contributed by atoms with Crippen LogP contribution in [0.3, 0.4) is 0 Å². The van der Waals surface area contributed by atoms with Gasteiger partial charge in [-0.2, -0.15) is 13.2 Å². The molecule has 0 aromatic heterocycles. The first kappa shape index (κ1) is 14.6. The van der Waals surface area contributed by atoms with Crippen LogP contribution in [0.2, 0.25) is 0 Å². The van der Waals surface area contributed by atoms with Crippen molar-refractivity contribution < 1.29 is 34.4 Å². The summed E-state index contributed by atoms with van der Waals surface area (Å²) in [4.78, 5) is 0. The molecule has 1 N–H and O–H groups in total. The van der Waals surface area contributed by atoms with Gasteiger partial charge >= 0.3 is 15.5 Å². The Morgan fingerprint density at radius 1 is 0.867 bits per heavy atom. The number of sulfonamides is 2. The Kier molecular flexibility index (Phi) is 3.46. The molecule has 0 saturated carbocycles. The van der Waals surface area contributed by atoms with Crippen molar-refractivity contribution in [1.29, 1.82) is 0 Å². The normalized spacial score (nSPS) is 15.3. The fraction of sp³-hybridized carbons (Fsp3) is 1.00. The van der Waals surface area contributed by atoms with Crippen LogP contribution in [0.5, 0.6) is 0 Å². The van der Waals surface area contributed by atoms with Crippen LogP contribution in [0.25, 0.3) is 0 Å². The average Bonchev–Trinajstić information content (AvgIpc) is 1.77. The van der Waals surface area contributed by atoms with E-state index >= 15 is 0 Å². The van der Waals surface area contributed by atoms with Crippen LogP contribution in [0, 0.1) is 0 Å². The third kappa shape index (κ3) is 3.28. The molecule has 0 bridgehead atoms. The largest absolute Gasteiger partial charge is 0.512 e. The quantitative estimate of drug-likeness (QED) is 0.757. The minimum Gasteiger partial charge on any atom is -0.225 e. The van der Waals surface area contributed by atoms with Crippen molar-refractivity contribution in [2.45, 2.75) is 24.4 Å². The van der Waals surface area contributed by atoms with E-state index in [0.29, 0.717) is 13.8 Å². The van der Waals surface area contributed by atoms with Crippen molar-refractivity contribution in [3.05, 3.63) is 0 Å². The topological polar surface area (TPSA) is 80.3 Å². The highest BCUT2D eigenvalue weighted by Crippen LogP contribution is 2.25. The third-order valence-corrected chi connectivity index (χ3v) is 4.81. The summed E-state index contributed by atoms with van der Waals surface area (Å²) in [6.07, 6.45) is 0. The zero-order valence-electron chi connectivity index (χ0n) is 7.46. The van der Waals surface area contributed by atoms with Gasteiger partial charge in [-0.3, -0.25) is 0 Å². The van der Waals surface area contributed by atoms with Gasteiger partial charge < -0.3 is 0 Å². The molecule has 0 radical (unpaired) electrons. The first-order chi connectivity index (χ1) is 6.21. The predicted octanol–water partition coefficient (Wildman–Crippen LogP) is 0.461. The fourth-order valence-electron chi connectivity index (χ4n) is 0.291. The number of hydrogen-bond acceptors (Lipinski definition) is 4. The minimum absolute atomic E-state index is 0.257. The van der Waals surface area contributed by atoms with Crippen LogP contribution in [0.1, 0.15) is 13.8 Å². The SMILES string of the molecule is CC(C)(F)S(=O)(=O)NS(=O)(=O)C(F)(F)F. The van der Waals surface area contributed by atoms with Gasteiger partial charge in [0.25, 0.3) is 10.0 Å². The number of hydrogen-bond donors (Lipinski definition) is 1. The number of nitrogens with one attached hydrogen (secondary N) is 1. The van der Waals surface area contributed by atoms with Crippen LogP contribution in [-0.4, -0.2) is 27.3 Å². The van der Waals surface area contributed by atoms with Crippen LogP contribution in [0.15, 0.2) is 0 Å². The maximum absolute atomic E-state index is 12.8. The summed E-state index contributed by atoms with van der Waals surface area (Å²) in [5.74, 6) is 0. The molecule has 0 aromatic rings. The highest BCUT2D eigenvalue weighted by Gasteiger charge is 2.51. The van der Waals surface area contributed by atoms with Crippen molar-refractivity contribution in [2.24, 2.45) is 0 Å². The molecule has 15 heavy (non-hydrogen) atoms. The smallest absolute Gasteiger partial charge is 0.225 e. The van der Waals surface area contributed by atoms with E-state index in [2.05, 4.69) is 0 Å². The molecule has 0 aliphatic carbocycles. The van der Waals surface area contributed by atoms with Crippen molar-refractivity contribution in [2.75, 3.05) is 0 Å². The van der Waals surface area contributed by atoms with Gasteiger partial charge in [0.1, 0.15) is 0 Å². The Bertz CT molecular complexity index is 386. The first-order valence-corrected chi connectivity index (χ1v) is 6.21. The standard InChI is InChI=1S/C4H7F4NO4S2/c1-3(2,5)14(10,11)9-15(12,13)4(6,7)8/h9H,1-2H3. The molecule has 0 rings (SSSR count). The van der Waals surface area contributed by atoms with Crippen molar-refractivity contribution in [3.63, 3.8) is 0 Å². The Hall–Kier alpha value is -0.420. The van der Waals surface area contributed by atoms with Gasteiger partial charge in [-0.15, -0.1) is 0 Å². The summed E-state index contributed by atoms with van der Waals surface area (Å²) in [7, 11) is -11.4. The van der Waals surface area contributed by atoms with E-state index in [9.17, 15) is 34.4 Å². The molecule has 0 fully saturated rings. The Balaban J connectivity index is 5.28. The first-order valence-electron chi connectivity index (χ1n) is 3.24.